The molecule has 0 spiro atoms. The second-order valence-corrected chi connectivity index (χ2v) is 7.37. The average molecular weight is 386 g/mol. The molecular weight excluding hydrogens is 366 g/mol. The van der Waals surface area contributed by atoms with Gasteiger partial charge >= 0.3 is 5.69 Å². The average Bonchev–Trinajstić information content (AvgIpc) is 3.02. The van der Waals surface area contributed by atoms with Crippen molar-refractivity contribution in [2.45, 2.75) is 20.0 Å². The van der Waals surface area contributed by atoms with Crippen molar-refractivity contribution >= 4 is 34.4 Å². The number of hydrogen-bond donors (Lipinski definition) is 0. The Balaban J connectivity index is 2.03. The number of hydrogen-bond acceptors (Lipinski definition) is 4. The van der Waals surface area contributed by atoms with Crippen LogP contribution in [0.25, 0.3) is 11.2 Å². The van der Waals surface area contributed by atoms with Crippen LogP contribution in [0.15, 0.2) is 46.5 Å². The molecule has 0 unspecified atom stereocenters. The SMILES string of the molecule is C=CCn1c(=O)c2c(nc3n2C[C@@H](C)CN3c2cccc(Cl)c2)n(C)c1=O. The van der Waals surface area contributed by atoms with Gasteiger partial charge in [-0.15, -0.1) is 6.58 Å². The first-order valence-electron chi connectivity index (χ1n) is 8.76. The fraction of sp³-hybridized carbons (Fsp3) is 0.316. The molecule has 0 N–H and O–H groups in total. The van der Waals surface area contributed by atoms with Gasteiger partial charge < -0.3 is 9.47 Å². The van der Waals surface area contributed by atoms with Crippen molar-refractivity contribution in [2.24, 2.45) is 13.0 Å². The fourth-order valence-corrected chi connectivity index (χ4v) is 3.84. The molecule has 1 aliphatic heterocycles. The Morgan fingerprint density at radius 3 is 2.81 bits per heavy atom. The maximum Gasteiger partial charge on any atom is 0.332 e. The lowest BCUT2D eigenvalue weighted by atomic mass is 10.1. The number of aryl methyl sites for hydroxylation is 1. The molecular formula is C19H20ClN5O2. The summed E-state index contributed by atoms with van der Waals surface area (Å²) in [5.74, 6) is 0.937. The molecule has 1 aliphatic rings. The highest BCUT2D eigenvalue weighted by Crippen LogP contribution is 2.33. The first kappa shape index (κ1) is 17.6. The van der Waals surface area contributed by atoms with Crippen LogP contribution in [0.5, 0.6) is 0 Å². The molecule has 0 bridgehead atoms. The van der Waals surface area contributed by atoms with E-state index in [0.29, 0.717) is 34.6 Å². The summed E-state index contributed by atoms with van der Waals surface area (Å²) in [6.45, 7) is 7.33. The van der Waals surface area contributed by atoms with Gasteiger partial charge in [-0.2, -0.15) is 4.98 Å². The van der Waals surface area contributed by atoms with E-state index in [0.717, 1.165) is 12.2 Å². The molecule has 1 aromatic carbocycles. The lowest BCUT2D eigenvalue weighted by molar-refractivity contribution is 0.458. The Morgan fingerprint density at radius 1 is 1.33 bits per heavy atom. The molecule has 0 saturated carbocycles. The molecule has 27 heavy (non-hydrogen) atoms. The summed E-state index contributed by atoms with van der Waals surface area (Å²) >= 11 is 6.17. The molecule has 0 aliphatic carbocycles. The molecule has 2 aromatic heterocycles. The van der Waals surface area contributed by atoms with Crippen molar-refractivity contribution in [2.75, 3.05) is 11.4 Å². The number of fused-ring (bicyclic) bond motifs is 3. The third-order valence-corrected chi connectivity index (χ3v) is 5.11. The van der Waals surface area contributed by atoms with Crippen molar-refractivity contribution in [1.29, 1.82) is 0 Å². The molecule has 0 saturated heterocycles. The highest BCUT2D eigenvalue weighted by molar-refractivity contribution is 6.30. The smallest absolute Gasteiger partial charge is 0.312 e. The highest BCUT2D eigenvalue weighted by atomic mass is 35.5. The van der Waals surface area contributed by atoms with E-state index in [4.69, 9.17) is 11.6 Å². The number of halogens is 1. The number of nitrogens with zero attached hydrogens (tertiary/aromatic N) is 5. The second-order valence-electron chi connectivity index (χ2n) is 6.94. The number of benzene rings is 1. The van der Waals surface area contributed by atoms with E-state index in [2.05, 4.69) is 18.5 Å². The molecule has 0 fully saturated rings. The van der Waals surface area contributed by atoms with Crippen LogP contribution in [-0.2, 0) is 20.1 Å². The largest absolute Gasteiger partial charge is 0.332 e. The van der Waals surface area contributed by atoms with Crippen LogP contribution in [0, 0.1) is 5.92 Å². The van der Waals surface area contributed by atoms with E-state index in [1.54, 1.807) is 13.1 Å². The van der Waals surface area contributed by atoms with Gasteiger partial charge in [-0.1, -0.05) is 30.7 Å². The quantitative estimate of drug-likeness (QED) is 0.650. The first-order valence-corrected chi connectivity index (χ1v) is 9.14. The minimum atomic E-state index is -0.398. The second kappa shape index (κ2) is 6.42. The zero-order chi connectivity index (χ0) is 19.3. The molecule has 3 heterocycles. The van der Waals surface area contributed by atoms with E-state index >= 15 is 0 Å². The summed E-state index contributed by atoms with van der Waals surface area (Å²) in [7, 11) is 1.63. The normalized spacial score (nSPS) is 16.6. The maximum atomic E-state index is 13.0. The monoisotopic (exact) mass is 385 g/mol. The number of anilines is 2. The molecule has 0 amide bonds. The number of aromatic nitrogens is 4. The van der Waals surface area contributed by atoms with Crippen LogP contribution >= 0.6 is 11.6 Å². The first-order chi connectivity index (χ1) is 12.9. The summed E-state index contributed by atoms with van der Waals surface area (Å²) in [6, 6.07) is 7.54. The van der Waals surface area contributed by atoms with E-state index in [9.17, 15) is 9.59 Å². The van der Waals surface area contributed by atoms with Crippen molar-refractivity contribution in [3.8, 4) is 0 Å². The third-order valence-electron chi connectivity index (χ3n) is 4.87. The molecule has 0 radical (unpaired) electrons. The van der Waals surface area contributed by atoms with Crippen molar-refractivity contribution in [3.05, 3.63) is 62.8 Å². The number of imidazole rings is 1. The number of rotatable bonds is 3. The Morgan fingerprint density at radius 2 is 2.11 bits per heavy atom. The summed E-state index contributed by atoms with van der Waals surface area (Å²) in [6.07, 6.45) is 1.54. The molecule has 140 valence electrons. The fourth-order valence-electron chi connectivity index (χ4n) is 3.66. The molecule has 4 rings (SSSR count). The Labute approximate surface area is 160 Å². The predicted octanol–water partition coefficient (Wildman–Crippen LogP) is 2.52. The van der Waals surface area contributed by atoms with E-state index in [1.165, 1.54) is 9.13 Å². The van der Waals surface area contributed by atoms with E-state index in [1.807, 2.05) is 33.7 Å². The van der Waals surface area contributed by atoms with E-state index in [-0.39, 0.29) is 12.1 Å². The Bertz CT molecular complexity index is 1170. The van der Waals surface area contributed by atoms with Crippen LogP contribution < -0.4 is 16.1 Å². The van der Waals surface area contributed by atoms with Gasteiger partial charge in [0.25, 0.3) is 5.56 Å². The van der Waals surface area contributed by atoms with Gasteiger partial charge in [0.2, 0.25) is 5.95 Å². The topological polar surface area (TPSA) is 65.1 Å². The van der Waals surface area contributed by atoms with Gasteiger partial charge in [-0.05, 0) is 24.1 Å². The van der Waals surface area contributed by atoms with E-state index < -0.39 is 5.69 Å². The Kier molecular flexibility index (Phi) is 4.19. The molecule has 8 heteroatoms. The summed E-state index contributed by atoms with van der Waals surface area (Å²) in [4.78, 5) is 32.3. The van der Waals surface area contributed by atoms with Crippen LogP contribution in [0.2, 0.25) is 5.02 Å². The van der Waals surface area contributed by atoms with Crippen LogP contribution in [0.4, 0.5) is 11.6 Å². The molecule has 3 aromatic rings. The van der Waals surface area contributed by atoms with Crippen molar-refractivity contribution in [3.63, 3.8) is 0 Å². The van der Waals surface area contributed by atoms with Gasteiger partial charge in [0, 0.05) is 37.4 Å². The van der Waals surface area contributed by atoms with Gasteiger partial charge in [0.15, 0.2) is 11.2 Å². The van der Waals surface area contributed by atoms with Gasteiger partial charge in [-0.3, -0.25) is 13.9 Å². The van der Waals surface area contributed by atoms with Crippen LogP contribution in [0.3, 0.4) is 0 Å². The minimum absolute atomic E-state index is 0.162. The molecule has 7 nitrogen and oxygen atoms in total. The maximum absolute atomic E-state index is 13.0. The summed E-state index contributed by atoms with van der Waals surface area (Å²) < 4.78 is 4.52. The zero-order valence-corrected chi connectivity index (χ0v) is 16.0. The lowest BCUT2D eigenvalue weighted by Crippen LogP contribution is -2.40. The van der Waals surface area contributed by atoms with Crippen LogP contribution in [-0.4, -0.2) is 25.2 Å². The van der Waals surface area contributed by atoms with Crippen LogP contribution in [0.1, 0.15) is 6.92 Å². The highest BCUT2D eigenvalue weighted by Gasteiger charge is 2.29. The van der Waals surface area contributed by atoms with Crippen molar-refractivity contribution in [1.82, 2.24) is 18.7 Å². The minimum Gasteiger partial charge on any atom is -0.312 e. The standard InChI is InChI=1S/C19H20ClN5O2/c1-4-8-23-17(26)15-16(22(3)19(23)27)21-18-24(10-12(2)11-25(15)18)14-7-5-6-13(20)9-14/h4-7,9,12H,1,8,10-11H2,2-3H3/t12-/m0/s1. The Hall–Kier alpha value is -2.80. The summed E-state index contributed by atoms with van der Waals surface area (Å²) in [5.41, 5.74) is 0.994. The van der Waals surface area contributed by atoms with Gasteiger partial charge in [0.1, 0.15) is 0 Å². The van der Waals surface area contributed by atoms with Gasteiger partial charge in [-0.25, -0.2) is 4.79 Å². The van der Waals surface area contributed by atoms with Gasteiger partial charge in [0.05, 0.1) is 0 Å². The van der Waals surface area contributed by atoms with Crippen molar-refractivity contribution < 1.29 is 0 Å². The number of allylic oxidation sites excluding steroid dienone is 1. The molecule has 1 atom stereocenters. The lowest BCUT2D eigenvalue weighted by Gasteiger charge is -2.33. The third kappa shape index (κ3) is 2.70. The predicted molar refractivity (Wildman–Crippen MR) is 107 cm³/mol. The summed E-state index contributed by atoms with van der Waals surface area (Å²) in [5, 5.41) is 0.633. The zero-order valence-electron chi connectivity index (χ0n) is 15.2.